The molecule has 108 valence electrons. The summed E-state index contributed by atoms with van der Waals surface area (Å²) in [5, 5.41) is 12.7. The first-order valence-electron chi connectivity index (χ1n) is 7.24. The highest BCUT2D eigenvalue weighted by molar-refractivity contribution is 5.96. The molecule has 19 heavy (non-hydrogen) atoms. The highest BCUT2D eigenvalue weighted by Crippen LogP contribution is 2.22. The number of amides is 1. The highest BCUT2D eigenvalue weighted by Gasteiger charge is 2.32. The molecule has 1 atom stereocenters. The van der Waals surface area contributed by atoms with Crippen LogP contribution in [0, 0.1) is 11.8 Å². The van der Waals surface area contributed by atoms with Crippen molar-refractivity contribution in [3.05, 3.63) is 0 Å². The van der Waals surface area contributed by atoms with Gasteiger partial charge < -0.3 is 15.3 Å². The van der Waals surface area contributed by atoms with E-state index in [9.17, 15) is 14.7 Å². The van der Waals surface area contributed by atoms with E-state index in [-0.39, 0.29) is 24.2 Å². The van der Waals surface area contributed by atoms with Crippen LogP contribution in [0.2, 0.25) is 0 Å². The molecule has 1 saturated heterocycles. The Labute approximate surface area is 114 Å². The van der Waals surface area contributed by atoms with E-state index in [0.29, 0.717) is 19.4 Å². The fraction of sp³-hybridized carbons (Fsp3) is 0.857. The zero-order chi connectivity index (χ0) is 13.8. The van der Waals surface area contributed by atoms with E-state index in [4.69, 9.17) is 0 Å². The Morgan fingerprint density at radius 2 is 2.05 bits per heavy atom. The lowest BCUT2D eigenvalue weighted by atomic mass is 9.83. The van der Waals surface area contributed by atoms with E-state index in [1.165, 1.54) is 12.8 Å². The van der Waals surface area contributed by atoms with Crippen molar-refractivity contribution < 1.29 is 14.7 Å². The molecule has 2 aliphatic rings. The fourth-order valence-corrected chi connectivity index (χ4v) is 2.65. The zero-order valence-corrected chi connectivity index (χ0v) is 11.6. The van der Waals surface area contributed by atoms with E-state index >= 15 is 0 Å². The molecule has 1 heterocycles. The van der Waals surface area contributed by atoms with Gasteiger partial charge >= 0.3 is 0 Å². The number of rotatable bonds is 5. The van der Waals surface area contributed by atoms with Crippen molar-refractivity contribution in [2.24, 2.45) is 11.8 Å². The maximum atomic E-state index is 11.6. The third kappa shape index (κ3) is 4.28. The Morgan fingerprint density at radius 3 is 2.63 bits per heavy atom. The Balaban J connectivity index is 1.60. The monoisotopic (exact) mass is 268 g/mol. The number of β-amino-alcohol motifs (C(OH)–C–C–N with tert-alkyl or cyclic N) is 1. The van der Waals surface area contributed by atoms with Gasteiger partial charge in [0.25, 0.3) is 0 Å². The van der Waals surface area contributed by atoms with Crippen molar-refractivity contribution in [3.63, 3.8) is 0 Å². The van der Waals surface area contributed by atoms with Crippen molar-refractivity contribution in [2.75, 3.05) is 26.2 Å². The summed E-state index contributed by atoms with van der Waals surface area (Å²) in [6.07, 6.45) is 2.58. The summed E-state index contributed by atoms with van der Waals surface area (Å²) in [5.41, 5.74) is 0. The van der Waals surface area contributed by atoms with Crippen molar-refractivity contribution in [1.82, 2.24) is 10.2 Å². The van der Waals surface area contributed by atoms with Crippen LogP contribution < -0.4 is 5.32 Å². The van der Waals surface area contributed by atoms with Crippen molar-refractivity contribution in [1.29, 1.82) is 0 Å². The van der Waals surface area contributed by atoms with Crippen LogP contribution in [-0.4, -0.2) is 54.0 Å². The van der Waals surface area contributed by atoms with Gasteiger partial charge in [-0.2, -0.15) is 0 Å². The summed E-state index contributed by atoms with van der Waals surface area (Å²) >= 11 is 0. The average molecular weight is 268 g/mol. The SMILES string of the molecule is CC1CCN(CC(O)CNC(=O)C2CC(=O)C2)CC1. The number of aliphatic hydroxyl groups is 1. The van der Waals surface area contributed by atoms with Gasteiger partial charge in [0.15, 0.2) is 0 Å². The van der Waals surface area contributed by atoms with Gasteiger partial charge in [0, 0.05) is 25.9 Å². The van der Waals surface area contributed by atoms with Crippen molar-refractivity contribution in [3.8, 4) is 0 Å². The van der Waals surface area contributed by atoms with Gasteiger partial charge in [-0.1, -0.05) is 6.92 Å². The third-order valence-corrected chi connectivity index (χ3v) is 4.18. The molecule has 1 unspecified atom stereocenters. The minimum absolute atomic E-state index is 0.0917. The van der Waals surface area contributed by atoms with Crippen LogP contribution in [0.5, 0.6) is 0 Å². The number of nitrogens with one attached hydrogen (secondary N) is 1. The third-order valence-electron chi connectivity index (χ3n) is 4.18. The standard InChI is InChI=1S/C14H24N2O3/c1-10-2-4-16(5-3-10)9-13(18)8-15-14(19)11-6-12(17)7-11/h10-11,13,18H,2-9H2,1H3,(H,15,19). The Morgan fingerprint density at radius 1 is 1.42 bits per heavy atom. The molecule has 2 rings (SSSR count). The molecule has 1 aliphatic carbocycles. The zero-order valence-electron chi connectivity index (χ0n) is 11.6. The lowest BCUT2D eigenvalue weighted by Gasteiger charge is -2.32. The summed E-state index contributed by atoms with van der Waals surface area (Å²) in [5.74, 6) is 0.689. The molecular formula is C14H24N2O3. The number of likely N-dealkylation sites (tertiary alicyclic amines) is 1. The largest absolute Gasteiger partial charge is 0.390 e. The van der Waals surface area contributed by atoms with Gasteiger partial charge in [-0.3, -0.25) is 9.59 Å². The number of carbonyl (C=O) groups is 2. The first-order valence-corrected chi connectivity index (χ1v) is 7.24. The predicted molar refractivity (Wildman–Crippen MR) is 71.6 cm³/mol. The Kier molecular flexibility index (Phi) is 4.93. The molecule has 0 radical (unpaired) electrons. The molecule has 0 aromatic carbocycles. The molecular weight excluding hydrogens is 244 g/mol. The summed E-state index contributed by atoms with van der Waals surface area (Å²) in [6, 6.07) is 0. The number of hydrogen-bond acceptors (Lipinski definition) is 4. The number of Topliss-reactive ketones (excluding diaryl/α,β-unsaturated/α-hetero) is 1. The smallest absolute Gasteiger partial charge is 0.224 e. The lowest BCUT2D eigenvalue weighted by Crippen LogP contribution is -2.45. The first kappa shape index (κ1) is 14.5. The quantitative estimate of drug-likeness (QED) is 0.746. The van der Waals surface area contributed by atoms with Crippen molar-refractivity contribution >= 4 is 11.7 Å². The summed E-state index contributed by atoms with van der Waals surface area (Å²) in [6.45, 7) is 5.23. The van der Waals surface area contributed by atoms with E-state index in [1.54, 1.807) is 0 Å². The van der Waals surface area contributed by atoms with Crippen LogP contribution in [0.3, 0.4) is 0 Å². The first-order chi connectivity index (χ1) is 9.04. The molecule has 0 aromatic rings. The predicted octanol–water partition coefficient (Wildman–Crippen LogP) is 0.174. The van der Waals surface area contributed by atoms with Crippen LogP contribution in [0.4, 0.5) is 0 Å². The number of carbonyl (C=O) groups excluding carboxylic acids is 2. The minimum Gasteiger partial charge on any atom is -0.390 e. The second-order valence-corrected chi connectivity index (χ2v) is 6.03. The van der Waals surface area contributed by atoms with Crippen molar-refractivity contribution in [2.45, 2.75) is 38.7 Å². The van der Waals surface area contributed by atoms with Crippen LogP contribution in [-0.2, 0) is 9.59 Å². The molecule has 0 aromatic heterocycles. The van der Waals surface area contributed by atoms with Gasteiger partial charge in [0.05, 0.1) is 12.0 Å². The van der Waals surface area contributed by atoms with Gasteiger partial charge in [0.2, 0.25) is 5.91 Å². The van der Waals surface area contributed by atoms with Gasteiger partial charge in [-0.25, -0.2) is 0 Å². The Bertz CT molecular complexity index is 330. The maximum Gasteiger partial charge on any atom is 0.224 e. The van der Waals surface area contributed by atoms with Crippen LogP contribution in [0.1, 0.15) is 32.6 Å². The van der Waals surface area contributed by atoms with Gasteiger partial charge in [0.1, 0.15) is 5.78 Å². The molecule has 0 bridgehead atoms. The highest BCUT2D eigenvalue weighted by atomic mass is 16.3. The molecule has 0 spiro atoms. The van der Waals surface area contributed by atoms with Crippen LogP contribution in [0.15, 0.2) is 0 Å². The fourth-order valence-electron chi connectivity index (χ4n) is 2.65. The Hall–Kier alpha value is -0.940. The molecule has 1 saturated carbocycles. The molecule has 5 heteroatoms. The van der Waals surface area contributed by atoms with Gasteiger partial charge in [-0.15, -0.1) is 0 Å². The van der Waals surface area contributed by atoms with Crippen LogP contribution in [0.25, 0.3) is 0 Å². The second kappa shape index (κ2) is 6.48. The average Bonchev–Trinajstić information content (AvgIpc) is 2.35. The molecule has 2 fully saturated rings. The number of ketones is 1. The summed E-state index contributed by atoms with van der Waals surface area (Å²) < 4.78 is 0. The van der Waals surface area contributed by atoms with E-state index < -0.39 is 6.10 Å². The maximum absolute atomic E-state index is 11.6. The minimum atomic E-state index is -0.520. The topological polar surface area (TPSA) is 69.6 Å². The molecule has 1 amide bonds. The van der Waals surface area contributed by atoms with E-state index in [2.05, 4.69) is 17.1 Å². The second-order valence-electron chi connectivity index (χ2n) is 6.03. The molecule has 1 aliphatic heterocycles. The number of piperidine rings is 1. The van der Waals surface area contributed by atoms with Gasteiger partial charge in [-0.05, 0) is 31.8 Å². The number of hydrogen-bond donors (Lipinski definition) is 2. The van der Waals surface area contributed by atoms with E-state index in [0.717, 1.165) is 19.0 Å². The lowest BCUT2D eigenvalue weighted by molar-refractivity contribution is -0.138. The van der Waals surface area contributed by atoms with E-state index in [1.807, 2.05) is 0 Å². The summed E-state index contributed by atoms with van der Waals surface area (Å²) in [7, 11) is 0. The molecule has 5 nitrogen and oxygen atoms in total. The normalized spacial score (nSPS) is 24.0. The number of aliphatic hydroxyl groups excluding tert-OH is 1. The number of nitrogens with zero attached hydrogens (tertiary/aromatic N) is 1. The van der Waals surface area contributed by atoms with Crippen LogP contribution >= 0.6 is 0 Å². The molecule has 2 N–H and O–H groups in total. The summed E-state index contributed by atoms with van der Waals surface area (Å²) in [4.78, 5) is 24.7.